The molecule has 0 radical (unpaired) electrons. The maximum Gasteiger partial charge on any atom is 0.325 e. The first kappa shape index (κ1) is 21.4. The van der Waals surface area contributed by atoms with Crippen LogP contribution in [0.3, 0.4) is 0 Å². The zero-order valence-corrected chi connectivity index (χ0v) is 18.0. The first-order valence-electron chi connectivity index (χ1n) is 10.4. The molecular weight excluding hydrogens is 442 g/mol. The lowest BCUT2D eigenvalue weighted by Gasteiger charge is -2.22. The van der Waals surface area contributed by atoms with Gasteiger partial charge in [0.15, 0.2) is 0 Å². The number of nitrogens with zero attached hydrogens (tertiary/aromatic N) is 3. The molecule has 1 aromatic heterocycles. The Labute approximate surface area is 192 Å². The van der Waals surface area contributed by atoms with Crippen molar-refractivity contribution in [1.29, 1.82) is 0 Å². The SMILES string of the molecule is C[C@@]1(c2ccc(F)cc2)NC(=O)N(Cc2nc3ccccc3c(=O)n2-c2ccc(F)cc2)C1=O. The van der Waals surface area contributed by atoms with Crippen molar-refractivity contribution >= 4 is 22.8 Å². The highest BCUT2D eigenvalue weighted by Crippen LogP contribution is 2.30. The van der Waals surface area contributed by atoms with Crippen molar-refractivity contribution in [2.45, 2.75) is 19.0 Å². The molecule has 170 valence electrons. The van der Waals surface area contributed by atoms with Crippen LogP contribution < -0.4 is 10.9 Å². The normalized spacial score (nSPS) is 17.9. The van der Waals surface area contributed by atoms with Gasteiger partial charge in [-0.3, -0.25) is 19.1 Å². The highest BCUT2D eigenvalue weighted by atomic mass is 19.1. The Bertz CT molecular complexity index is 1500. The largest absolute Gasteiger partial charge is 0.325 e. The predicted molar refractivity (Wildman–Crippen MR) is 120 cm³/mol. The number of nitrogens with one attached hydrogen (secondary N) is 1. The van der Waals surface area contributed by atoms with Crippen LogP contribution in [0.4, 0.5) is 13.6 Å². The average molecular weight is 460 g/mol. The molecule has 3 amide bonds. The number of benzene rings is 3. The van der Waals surface area contributed by atoms with Crippen molar-refractivity contribution in [1.82, 2.24) is 19.8 Å². The van der Waals surface area contributed by atoms with Crippen LogP contribution in [0.15, 0.2) is 77.6 Å². The summed E-state index contributed by atoms with van der Waals surface area (Å²) in [4.78, 5) is 45.0. The zero-order valence-electron chi connectivity index (χ0n) is 18.0. The first-order chi connectivity index (χ1) is 16.3. The Kier molecular flexibility index (Phi) is 4.97. The van der Waals surface area contributed by atoms with Gasteiger partial charge < -0.3 is 5.32 Å². The van der Waals surface area contributed by atoms with Crippen LogP contribution in [0.5, 0.6) is 0 Å². The minimum absolute atomic E-state index is 0.127. The number of rotatable bonds is 4. The maximum atomic E-state index is 13.5. The van der Waals surface area contributed by atoms with Crippen LogP contribution in [0.25, 0.3) is 16.6 Å². The van der Waals surface area contributed by atoms with Crippen LogP contribution in [0, 0.1) is 11.6 Å². The fraction of sp³-hybridized carbons (Fsp3) is 0.120. The van der Waals surface area contributed by atoms with Gasteiger partial charge in [0, 0.05) is 0 Å². The second-order valence-electron chi connectivity index (χ2n) is 8.12. The molecule has 2 heterocycles. The van der Waals surface area contributed by atoms with E-state index in [1.54, 1.807) is 24.3 Å². The van der Waals surface area contributed by atoms with E-state index in [4.69, 9.17) is 0 Å². The van der Waals surface area contributed by atoms with E-state index in [1.165, 1.54) is 60.0 Å². The summed E-state index contributed by atoms with van der Waals surface area (Å²) in [5, 5.41) is 2.99. The molecular formula is C25H18F2N4O3. The summed E-state index contributed by atoms with van der Waals surface area (Å²) in [5.41, 5.74) is -0.678. The topological polar surface area (TPSA) is 84.3 Å². The molecule has 7 nitrogen and oxygen atoms in total. The highest BCUT2D eigenvalue weighted by molar-refractivity contribution is 6.07. The van der Waals surface area contributed by atoms with Crippen molar-refractivity contribution in [2.75, 3.05) is 0 Å². The van der Waals surface area contributed by atoms with Gasteiger partial charge >= 0.3 is 6.03 Å². The van der Waals surface area contributed by atoms with Crippen LogP contribution >= 0.6 is 0 Å². The number of hydrogen-bond donors (Lipinski definition) is 1. The Hall–Kier alpha value is -4.40. The summed E-state index contributed by atoms with van der Waals surface area (Å²) >= 11 is 0. The Morgan fingerprint density at radius 2 is 1.50 bits per heavy atom. The number of carbonyl (C=O) groups excluding carboxylic acids is 2. The van der Waals surface area contributed by atoms with E-state index < -0.39 is 34.7 Å². The van der Waals surface area contributed by atoms with E-state index in [0.717, 1.165) is 4.90 Å². The van der Waals surface area contributed by atoms with Crippen LogP contribution in [-0.4, -0.2) is 26.4 Å². The number of imide groups is 1. The molecule has 1 saturated heterocycles. The lowest BCUT2D eigenvalue weighted by Crippen LogP contribution is -2.41. The third-order valence-electron chi connectivity index (χ3n) is 5.93. The molecule has 1 fully saturated rings. The lowest BCUT2D eigenvalue weighted by molar-refractivity contribution is -0.131. The van der Waals surface area contributed by atoms with Crippen molar-refractivity contribution in [2.24, 2.45) is 0 Å². The molecule has 0 unspecified atom stereocenters. The van der Waals surface area contributed by atoms with Gasteiger partial charge in [-0.1, -0.05) is 24.3 Å². The van der Waals surface area contributed by atoms with Crippen LogP contribution in [0.1, 0.15) is 18.3 Å². The number of hydrogen-bond acceptors (Lipinski definition) is 4. The van der Waals surface area contributed by atoms with E-state index in [-0.39, 0.29) is 12.4 Å². The minimum atomic E-state index is -1.41. The molecule has 9 heteroatoms. The number of carbonyl (C=O) groups is 2. The molecule has 0 bridgehead atoms. The fourth-order valence-electron chi connectivity index (χ4n) is 4.10. The van der Waals surface area contributed by atoms with E-state index >= 15 is 0 Å². The molecule has 0 aliphatic carbocycles. The third-order valence-corrected chi connectivity index (χ3v) is 5.93. The predicted octanol–water partition coefficient (Wildman–Crippen LogP) is 3.63. The fourth-order valence-corrected chi connectivity index (χ4v) is 4.10. The molecule has 3 aromatic carbocycles. The molecule has 0 spiro atoms. The van der Waals surface area contributed by atoms with E-state index in [9.17, 15) is 23.2 Å². The second-order valence-corrected chi connectivity index (χ2v) is 8.12. The van der Waals surface area contributed by atoms with Crippen molar-refractivity contribution < 1.29 is 18.4 Å². The molecule has 1 atom stereocenters. The molecule has 1 aliphatic rings. The molecule has 5 rings (SSSR count). The summed E-state index contributed by atoms with van der Waals surface area (Å²) in [7, 11) is 0. The molecule has 1 aliphatic heterocycles. The summed E-state index contributed by atoms with van der Waals surface area (Å²) in [6, 6.07) is 16.6. The average Bonchev–Trinajstić information content (AvgIpc) is 3.04. The van der Waals surface area contributed by atoms with Crippen LogP contribution in [-0.2, 0) is 16.9 Å². The van der Waals surface area contributed by atoms with Gasteiger partial charge in [-0.2, -0.15) is 0 Å². The highest BCUT2D eigenvalue weighted by Gasteiger charge is 2.49. The first-order valence-corrected chi connectivity index (χ1v) is 10.4. The summed E-state index contributed by atoms with van der Waals surface area (Å²) in [6.45, 7) is 1.22. The number of para-hydroxylation sites is 1. The molecule has 4 aromatic rings. The maximum absolute atomic E-state index is 13.5. The second kappa shape index (κ2) is 7.87. The van der Waals surface area contributed by atoms with E-state index in [2.05, 4.69) is 10.3 Å². The van der Waals surface area contributed by atoms with Gasteiger partial charge in [0.25, 0.3) is 11.5 Å². The van der Waals surface area contributed by atoms with Gasteiger partial charge in [0.05, 0.1) is 23.1 Å². The number of urea groups is 1. The smallest absolute Gasteiger partial charge is 0.319 e. The quantitative estimate of drug-likeness (QED) is 0.472. The van der Waals surface area contributed by atoms with Gasteiger partial charge in [-0.05, 0) is 61.0 Å². The lowest BCUT2D eigenvalue weighted by atomic mass is 9.92. The standard InChI is InChI=1S/C25H18F2N4O3/c1-25(15-6-8-16(26)9-7-15)23(33)30(24(34)29-25)14-21-28-20-5-3-2-4-19(20)22(32)31(21)18-12-10-17(27)11-13-18/h2-13H,14H2,1H3,(H,29,34)/t25-/m0/s1. The van der Waals surface area contributed by atoms with Crippen molar-refractivity contribution in [3.05, 3.63) is 106 Å². The summed E-state index contributed by atoms with van der Waals surface area (Å²) in [5.74, 6) is -1.39. The number of aromatic nitrogens is 2. The number of halogens is 2. The van der Waals surface area contributed by atoms with Gasteiger partial charge in [0.1, 0.15) is 23.0 Å². The number of amides is 3. The monoisotopic (exact) mass is 460 g/mol. The molecule has 0 saturated carbocycles. The Balaban J connectivity index is 1.61. The Morgan fingerprint density at radius 1 is 0.882 bits per heavy atom. The van der Waals surface area contributed by atoms with E-state index in [1.807, 2.05) is 0 Å². The summed E-state index contributed by atoms with van der Waals surface area (Å²) < 4.78 is 28.2. The summed E-state index contributed by atoms with van der Waals surface area (Å²) in [6.07, 6.45) is 0. The molecule has 1 N–H and O–H groups in total. The third kappa shape index (κ3) is 3.42. The van der Waals surface area contributed by atoms with Crippen LogP contribution in [0.2, 0.25) is 0 Å². The number of fused-ring (bicyclic) bond motifs is 1. The van der Waals surface area contributed by atoms with Gasteiger partial charge in [0.2, 0.25) is 0 Å². The molecule has 34 heavy (non-hydrogen) atoms. The van der Waals surface area contributed by atoms with Crippen molar-refractivity contribution in [3.63, 3.8) is 0 Å². The van der Waals surface area contributed by atoms with E-state index in [0.29, 0.717) is 22.2 Å². The zero-order chi connectivity index (χ0) is 24.0. The Morgan fingerprint density at radius 3 is 2.18 bits per heavy atom. The minimum Gasteiger partial charge on any atom is -0.319 e. The van der Waals surface area contributed by atoms with Crippen molar-refractivity contribution in [3.8, 4) is 5.69 Å². The van der Waals surface area contributed by atoms with Gasteiger partial charge in [-0.25, -0.2) is 18.6 Å². The van der Waals surface area contributed by atoms with Gasteiger partial charge in [-0.15, -0.1) is 0 Å².